The van der Waals surface area contributed by atoms with Crippen LogP contribution in [0.1, 0.15) is 5.01 Å². The molecule has 5 nitrogen and oxygen atoms in total. The Morgan fingerprint density at radius 3 is 3.33 bits per heavy atom. The molecule has 1 saturated heterocycles. The summed E-state index contributed by atoms with van der Waals surface area (Å²) < 4.78 is 9.00. The van der Waals surface area contributed by atoms with Crippen molar-refractivity contribution in [3.05, 3.63) is 5.01 Å². The number of morpholine rings is 1. The first-order chi connectivity index (χ1) is 5.95. The highest BCUT2D eigenvalue weighted by molar-refractivity contribution is 7.05. The standard InChI is InChI=1S/C6H10N4OS/c1-2-11-4-5(7-1)3-6-8-9-10-12-6/h5,7H,1-4H2. The SMILES string of the molecule is C1COCC(Cc2nnns2)N1. The fraction of sp³-hybridized carbons (Fsp3) is 0.833. The zero-order valence-electron chi connectivity index (χ0n) is 6.56. The highest BCUT2D eigenvalue weighted by atomic mass is 32.1. The Balaban J connectivity index is 1.86. The molecular formula is C6H10N4OS. The summed E-state index contributed by atoms with van der Waals surface area (Å²) in [6.07, 6.45) is 0.873. The molecular weight excluding hydrogens is 176 g/mol. The van der Waals surface area contributed by atoms with Crippen molar-refractivity contribution in [1.29, 1.82) is 0 Å². The maximum absolute atomic E-state index is 5.30. The number of ether oxygens (including phenoxy) is 1. The van der Waals surface area contributed by atoms with Crippen molar-refractivity contribution < 1.29 is 4.74 Å². The van der Waals surface area contributed by atoms with Crippen molar-refractivity contribution in [2.75, 3.05) is 19.8 Å². The predicted octanol–water partition coefficient (Wildman–Crippen LogP) is -0.536. The van der Waals surface area contributed by atoms with Crippen molar-refractivity contribution in [2.24, 2.45) is 0 Å². The molecule has 6 heteroatoms. The third-order valence-electron chi connectivity index (χ3n) is 1.76. The summed E-state index contributed by atoms with van der Waals surface area (Å²) >= 11 is 1.35. The molecule has 0 aromatic carbocycles. The van der Waals surface area contributed by atoms with Gasteiger partial charge in [0.1, 0.15) is 5.01 Å². The van der Waals surface area contributed by atoms with Gasteiger partial charge in [0, 0.05) is 30.5 Å². The first-order valence-electron chi connectivity index (χ1n) is 3.90. The van der Waals surface area contributed by atoms with Crippen LogP contribution in [0.4, 0.5) is 0 Å². The van der Waals surface area contributed by atoms with E-state index < -0.39 is 0 Å². The van der Waals surface area contributed by atoms with E-state index in [1.165, 1.54) is 11.5 Å². The molecule has 0 amide bonds. The minimum absolute atomic E-state index is 0.383. The first-order valence-corrected chi connectivity index (χ1v) is 4.67. The molecule has 1 atom stereocenters. The van der Waals surface area contributed by atoms with Gasteiger partial charge in [0.2, 0.25) is 0 Å². The molecule has 1 aromatic heterocycles. The van der Waals surface area contributed by atoms with E-state index in [9.17, 15) is 0 Å². The van der Waals surface area contributed by atoms with Gasteiger partial charge in [-0.25, -0.2) is 0 Å². The summed E-state index contributed by atoms with van der Waals surface area (Å²) in [5.41, 5.74) is 0. The number of hydrogen-bond acceptors (Lipinski definition) is 6. The smallest absolute Gasteiger partial charge is 0.139 e. The van der Waals surface area contributed by atoms with Crippen LogP contribution in [0.5, 0.6) is 0 Å². The zero-order chi connectivity index (χ0) is 8.23. The molecule has 0 saturated carbocycles. The van der Waals surface area contributed by atoms with Crippen molar-refractivity contribution in [3.8, 4) is 0 Å². The maximum Gasteiger partial charge on any atom is 0.139 e. The Bertz CT molecular complexity index is 221. The second-order valence-electron chi connectivity index (χ2n) is 2.69. The highest BCUT2D eigenvalue weighted by Crippen LogP contribution is 2.04. The van der Waals surface area contributed by atoms with Gasteiger partial charge in [-0.2, -0.15) is 0 Å². The molecule has 2 rings (SSSR count). The molecule has 1 aromatic rings. The quantitative estimate of drug-likeness (QED) is 0.672. The first kappa shape index (κ1) is 8.03. The average Bonchev–Trinajstić information content (AvgIpc) is 2.59. The number of hydrogen-bond donors (Lipinski definition) is 1. The fourth-order valence-corrected chi connectivity index (χ4v) is 1.71. The third-order valence-corrected chi connectivity index (χ3v) is 2.37. The largest absolute Gasteiger partial charge is 0.379 e. The number of nitrogens with zero attached hydrogens (tertiary/aromatic N) is 3. The van der Waals surface area contributed by atoms with Crippen LogP contribution in [-0.4, -0.2) is 40.6 Å². The van der Waals surface area contributed by atoms with Crippen molar-refractivity contribution in [2.45, 2.75) is 12.5 Å². The van der Waals surface area contributed by atoms with Crippen LogP contribution < -0.4 is 5.32 Å². The summed E-state index contributed by atoms with van der Waals surface area (Å²) in [6, 6.07) is 0.383. The van der Waals surface area contributed by atoms with Gasteiger partial charge >= 0.3 is 0 Å². The summed E-state index contributed by atoms with van der Waals surface area (Å²) in [5, 5.41) is 11.7. The molecule has 0 aliphatic carbocycles. The van der Waals surface area contributed by atoms with Crippen LogP contribution in [0.3, 0.4) is 0 Å². The Morgan fingerprint density at radius 2 is 2.67 bits per heavy atom. The lowest BCUT2D eigenvalue weighted by Crippen LogP contribution is -2.42. The van der Waals surface area contributed by atoms with Crippen LogP contribution in [0.2, 0.25) is 0 Å². The van der Waals surface area contributed by atoms with E-state index in [0.29, 0.717) is 6.04 Å². The van der Waals surface area contributed by atoms with E-state index >= 15 is 0 Å². The maximum atomic E-state index is 5.30. The molecule has 66 valence electrons. The zero-order valence-corrected chi connectivity index (χ0v) is 7.38. The highest BCUT2D eigenvalue weighted by Gasteiger charge is 2.14. The summed E-state index contributed by atoms with van der Waals surface area (Å²) in [6.45, 7) is 2.50. The lowest BCUT2D eigenvalue weighted by atomic mass is 10.2. The van der Waals surface area contributed by atoms with E-state index in [1.54, 1.807) is 0 Å². The van der Waals surface area contributed by atoms with Crippen molar-refractivity contribution >= 4 is 11.5 Å². The Labute approximate surface area is 74.3 Å². The van der Waals surface area contributed by atoms with Gasteiger partial charge in [-0.15, -0.1) is 5.10 Å². The second kappa shape index (κ2) is 3.88. The van der Waals surface area contributed by atoms with E-state index in [-0.39, 0.29) is 0 Å². The van der Waals surface area contributed by atoms with Crippen LogP contribution in [0.25, 0.3) is 0 Å². The Morgan fingerprint density at radius 1 is 1.67 bits per heavy atom. The van der Waals surface area contributed by atoms with Crippen LogP contribution >= 0.6 is 11.5 Å². The van der Waals surface area contributed by atoms with E-state index in [2.05, 4.69) is 20.1 Å². The van der Waals surface area contributed by atoms with E-state index in [0.717, 1.165) is 31.2 Å². The second-order valence-corrected chi connectivity index (χ2v) is 3.50. The topological polar surface area (TPSA) is 59.9 Å². The monoisotopic (exact) mass is 186 g/mol. The van der Waals surface area contributed by atoms with Gasteiger partial charge in [-0.1, -0.05) is 4.49 Å². The lowest BCUT2D eigenvalue weighted by molar-refractivity contribution is 0.0769. The lowest BCUT2D eigenvalue weighted by Gasteiger charge is -2.22. The molecule has 0 radical (unpaired) electrons. The van der Waals surface area contributed by atoms with Crippen molar-refractivity contribution in [3.63, 3.8) is 0 Å². The van der Waals surface area contributed by atoms with Crippen LogP contribution in [-0.2, 0) is 11.2 Å². The summed E-state index contributed by atoms with van der Waals surface area (Å²) in [4.78, 5) is 0. The normalized spacial score (nSPS) is 24.2. The van der Waals surface area contributed by atoms with Gasteiger partial charge in [0.25, 0.3) is 0 Å². The molecule has 0 spiro atoms. The Kier molecular flexibility index (Phi) is 2.60. The summed E-state index contributed by atoms with van der Waals surface area (Å²) in [7, 11) is 0. The van der Waals surface area contributed by atoms with Gasteiger partial charge in [-0.05, 0) is 5.21 Å². The van der Waals surface area contributed by atoms with Gasteiger partial charge < -0.3 is 10.1 Å². The van der Waals surface area contributed by atoms with Gasteiger partial charge in [0.05, 0.1) is 13.2 Å². The molecule has 1 aliphatic rings. The van der Waals surface area contributed by atoms with E-state index in [4.69, 9.17) is 4.74 Å². The molecule has 0 bridgehead atoms. The molecule has 1 fully saturated rings. The molecule has 1 N–H and O–H groups in total. The molecule has 2 heterocycles. The van der Waals surface area contributed by atoms with Crippen molar-refractivity contribution in [1.82, 2.24) is 20.1 Å². The molecule has 12 heavy (non-hydrogen) atoms. The number of rotatable bonds is 2. The Hall–Kier alpha value is -0.590. The average molecular weight is 186 g/mol. The predicted molar refractivity (Wildman–Crippen MR) is 44.0 cm³/mol. The number of nitrogens with one attached hydrogen (secondary N) is 1. The van der Waals surface area contributed by atoms with Gasteiger partial charge in [0.15, 0.2) is 0 Å². The van der Waals surface area contributed by atoms with Crippen LogP contribution in [0.15, 0.2) is 0 Å². The van der Waals surface area contributed by atoms with Gasteiger partial charge in [-0.3, -0.25) is 0 Å². The van der Waals surface area contributed by atoms with Crippen LogP contribution in [0, 0.1) is 0 Å². The molecule has 1 aliphatic heterocycles. The third kappa shape index (κ3) is 1.96. The molecule has 1 unspecified atom stereocenters. The number of aromatic nitrogens is 3. The summed E-state index contributed by atoms with van der Waals surface area (Å²) in [5.74, 6) is 0. The van der Waals surface area contributed by atoms with E-state index in [1.807, 2.05) is 0 Å². The fourth-order valence-electron chi connectivity index (χ4n) is 1.19. The minimum atomic E-state index is 0.383. The minimum Gasteiger partial charge on any atom is -0.379 e.